The van der Waals surface area contributed by atoms with Crippen molar-refractivity contribution in [2.24, 2.45) is 5.92 Å². The SMILES string of the molecule is CCCC(COC)NC(C)C1CCOC1. The Morgan fingerprint density at radius 3 is 2.87 bits per heavy atom. The van der Waals surface area contributed by atoms with E-state index in [-0.39, 0.29) is 0 Å². The third kappa shape index (κ3) is 4.49. The fraction of sp³-hybridized carbons (Fsp3) is 1.00. The third-order valence-electron chi connectivity index (χ3n) is 3.18. The van der Waals surface area contributed by atoms with Gasteiger partial charge in [0.05, 0.1) is 13.2 Å². The van der Waals surface area contributed by atoms with Crippen LogP contribution in [0.25, 0.3) is 0 Å². The van der Waals surface area contributed by atoms with Crippen LogP contribution in [0, 0.1) is 5.92 Å². The quantitative estimate of drug-likeness (QED) is 0.702. The Labute approximate surface area is 93.5 Å². The minimum absolute atomic E-state index is 0.496. The van der Waals surface area contributed by atoms with Crippen molar-refractivity contribution in [1.82, 2.24) is 5.32 Å². The molecule has 1 fully saturated rings. The maximum atomic E-state index is 5.41. The van der Waals surface area contributed by atoms with E-state index in [1.807, 2.05) is 0 Å². The second kappa shape index (κ2) is 7.20. The van der Waals surface area contributed by atoms with Gasteiger partial charge in [0.25, 0.3) is 0 Å². The molecule has 0 radical (unpaired) electrons. The summed E-state index contributed by atoms with van der Waals surface area (Å²) >= 11 is 0. The zero-order valence-corrected chi connectivity index (χ0v) is 10.3. The minimum atomic E-state index is 0.496. The summed E-state index contributed by atoms with van der Waals surface area (Å²) in [7, 11) is 1.77. The van der Waals surface area contributed by atoms with Crippen LogP contribution in [0.2, 0.25) is 0 Å². The average Bonchev–Trinajstić information content (AvgIpc) is 2.71. The van der Waals surface area contributed by atoms with Crippen LogP contribution in [-0.4, -0.2) is 39.0 Å². The van der Waals surface area contributed by atoms with Crippen molar-refractivity contribution in [3.8, 4) is 0 Å². The Hall–Kier alpha value is -0.120. The molecule has 1 heterocycles. The Balaban J connectivity index is 2.28. The van der Waals surface area contributed by atoms with Crippen LogP contribution in [0.5, 0.6) is 0 Å². The first-order valence-electron chi connectivity index (χ1n) is 6.10. The van der Waals surface area contributed by atoms with E-state index in [4.69, 9.17) is 9.47 Å². The molecule has 0 amide bonds. The van der Waals surface area contributed by atoms with Crippen molar-refractivity contribution in [2.45, 2.75) is 45.2 Å². The van der Waals surface area contributed by atoms with E-state index >= 15 is 0 Å². The molecule has 1 aliphatic rings. The molecule has 15 heavy (non-hydrogen) atoms. The Bertz CT molecular complexity index is 152. The van der Waals surface area contributed by atoms with Gasteiger partial charge in [-0.25, -0.2) is 0 Å². The van der Waals surface area contributed by atoms with Crippen molar-refractivity contribution >= 4 is 0 Å². The van der Waals surface area contributed by atoms with Gasteiger partial charge >= 0.3 is 0 Å². The number of hydrogen-bond acceptors (Lipinski definition) is 3. The standard InChI is InChI=1S/C12H25NO2/c1-4-5-12(9-14-3)13-10(2)11-6-7-15-8-11/h10-13H,4-9H2,1-3H3. The zero-order valence-electron chi connectivity index (χ0n) is 10.3. The highest BCUT2D eigenvalue weighted by molar-refractivity contribution is 4.79. The fourth-order valence-corrected chi connectivity index (χ4v) is 2.22. The highest BCUT2D eigenvalue weighted by Crippen LogP contribution is 2.17. The molecule has 1 aliphatic heterocycles. The largest absolute Gasteiger partial charge is 0.383 e. The van der Waals surface area contributed by atoms with Crippen LogP contribution in [0.15, 0.2) is 0 Å². The van der Waals surface area contributed by atoms with Crippen LogP contribution >= 0.6 is 0 Å². The lowest BCUT2D eigenvalue weighted by Crippen LogP contribution is -2.43. The topological polar surface area (TPSA) is 30.5 Å². The highest BCUT2D eigenvalue weighted by Gasteiger charge is 2.23. The molecular formula is C12H25NO2. The van der Waals surface area contributed by atoms with Crippen LogP contribution in [0.3, 0.4) is 0 Å². The molecular weight excluding hydrogens is 190 g/mol. The predicted molar refractivity (Wildman–Crippen MR) is 62.1 cm³/mol. The molecule has 3 heteroatoms. The summed E-state index contributed by atoms with van der Waals surface area (Å²) in [6.07, 6.45) is 3.58. The zero-order chi connectivity index (χ0) is 11.1. The Morgan fingerprint density at radius 1 is 1.53 bits per heavy atom. The summed E-state index contributed by atoms with van der Waals surface area (Å²) in [5, 5.41) is 3.66. The van der Waals surface area contributed by atoms with E-state index in [1.165, 1.54) is 19.3 Å². The molecule has 0 aromatic carbocycles. The lowest BCUT2D eigenvalue weighted by molar-refractivity contribution is 0.143. The summed E-state index contributed by atoms with van der Waals surface area (Å²) in [5.74, 6) is 0.682. The van der Waals surface area contributed by atoms with Crippen LogP contribution in [0.4, 0.5) is 0 Å². The second-order valence-corrected chi connectivity index (χ2v) is 4.52. The number of ether oxygens (including phenoxy) is 2. The van der Waals surface area contributed by atoms with Gasteiger partial charge in [0, 0.05) is 25.8 Å². The summed E-state index contributed by atoms with van der Waals surface area (Å²) in [4.78, 5) is 0. The molecule has 90 valence electrons. The first-order valence-corrected chi connectivity index (χ1v) is 6.10. The lowest BCUT2D eigenvalue weighted by atomic mass is 9.99. The van der Waals surface area contributed by atoms with Crippen molar-refractivity contribution in [3.63, 3.8) is 0 Å². The Kier molecular flexibility index (Phi) is 6.22. The molecule has 1 N–H and O–H groups in total. The molecule has 0 aromatic rings. The maximum absolute atomic E-state index is 5.41. The van der Waals surface area contributed by atoms with Crippen molar-refractivity contribution in [1.29, 1.82) is 0 Å². The van der Waals surface area contributed by atoms with E-state index < -0.39 is 0 Å². The van der Waals surface area contributed by atoms with Gasteiger partial charge in [-0.1, -0.05) is 13.3 Å². The predicted octanol–water partition coefficient (Wildman–Crippen LogP) is 1.82. The first-order chi connectivity index (χ1) is 7.27. The van der Waals surface area contributed by atoms with E-state index in [0.717, 1.165) is 19.8 Å². The minimum Gasteiger partial charge on any atom is -0.383 e. The molecule has 0 aliphatic carbocycles. The van der Waals surface area contributed by atoms with Gasteiger partial charge in [-0.3, -0.25) is 0 Å². The molecule has 3 atom stereocenters. The number of hydrogen-bond donors (Lipinski definition) is 1. The van der Waals surface area contributed by atoms with Crippen molar-refractivity contribution in [3.05, 3.63) is 0 Å². The maximum Gasteiger partial charge on any atom is 0.0615 e. The molecule has 0 saturated carbocycles. The number of methoxy groups -OCH3 is 1. The summed E-state index contributed by atoms with van der Waals surface area (Å²) < 4.78 is 10.6. The summed E-state index contributed by atoms with van der Waals surface area (Å²) in [6.45, 7) is 7.14. The van der Waals surface area contributed by atoms with E-state index in [0.29, 0.717) is 18.0 Å². The van der Waals surface area contributed by atoms with Crippen molar-refractivity contribution < 1.29 is 9.47 Å². The van der Waals surface area contributed by atoms with Gasteiger partial charge in [0.1, 0.15) is 0 Å². The molecule has 1 saturated heterocycles. The van der Waals surface area contributed by atoms with E-state index in [9.17, 15) is 0 Å². The monoisotopic (exact) mass is 215 g/mol. The fourth-order valence-electron chi connectivity index (χ4n) is 2.22. The van der Waals surface area contributed by atoms with Crippen LogP contribution < -0.4 is 5.32 Å². The van der Waals surface area contributed by atoms with Gasteiger partial charge in [-0.15, -0.1) is 0 Å². The van der Waals surface area contributed by atoms with Crippen LogP contribution in [0.1, 0.15) is 33.1 Å². The molecule has 0 spiro atoms. The summed E-state index contributed by atoms with van der Waals surface area (Å²) in [5.41, 5.74) is 0. The van der Waals surface area contributed by atoms with Gasteiger partial charge in [-0.05, 0) is 25.7 Å². The highest BCUT2D eigenvalue weighted by atomic mass is 16.5. The number of nitrogens with one attached hydrogen (secondary N) is 1. The van der Waals surface area contributed by atoms with Gasteiger partial charge in [0.15, 0.2) is 0 Å². The smallest absolute Gasteiger partial charge is 0.0615 e. The lowest BCUT2D eigenvalue weighted by Gasteiger charge is -2.25. The molecule has 3 unspecified atom stereocenters. The van der Waals surface area contributed by atoms with Gasteiger partial charge in [0.2, 0.25) is 0 Å². The molecule has 1 rings (SSSR count). The second-order valence-electron chi connectivity index (χ2n) is 4.52. The van der Waals surface area contributed by atoms with E-state index in [2.05, 4.69) is 19.2 Å². The molecule has 0 aromatic heterocycles. The van der Waals surface area contributed by atoms with Gasteiger partial charge < -0.3 is 14.8 Å². The normalized spacial score (nSPS) is 25.4. The van der Waals surface area contributed by atoms with E-state index in [1.54, 1.807) is 7.11 Å². The third-order valence-corrected chi connectivity index (χ3v) is 3.18. The molecule has 3 nitrogen and oxygen atoms in total. The van der Waals surface area contributed by atoms with Gasteiger partial charge in [-0.2, -0.15) is 0 Å². The average molecular weight is 215 g/mol. The summed E-state index contributed by atoms with van der Waals surface area (Å²) in [6, 6.07) is 1.04. The Morgan fingerprint density at radius 2 is 2.33 bits per heavy atom. The first kappa shape index (κ1) is 12.9. The number of rotatable bonds is 7. The van der Waals surface area contributed by atoms with Crippen LogP contribution in [-0.2, 0) is 9.47 Å². The van der Waals surface area contributed by atoms with Crippen molar-refractivity contribution in [2.75, 3.05) is 26.9 Å². The molecule has 0 bridgehead atoms.